The Bertz CT molecular complexity index is 1010. The number of hydrogen-bond acceptors (Lipinski definition) is 4. The van der Waals surface area contributed by atoms with Crippen molar-refractivity contribution in [2.75, 3.05) is 11.1 Å². The molecule has 1 amide bonds. The predicted molar refractivity (Wildman–Crippen MR) is 112 cm³/mol. The minimum absolute atomic E-state index is 0.160. The van der Waals surface area contributed by atoms with E-state index in [9.17, 15) is 9.59 Å². The van der Waals surface area contributed by atoms with Gasteiger partial charge in [-0.05, 0) is 30.7 Å². The lowest BCUT2D eigenvalue weighted by Gasteiger charge is -2.08. The van der Waals surface area contributed by atoms with Gasteiger partial charge in [-0.25, -0.2) is 4.98 Å². The summed E-state index contributed by atoms with van der Waals surface area (Å²) in [4.78, 5) is 31.7. The lowest BCUT2D eigenvalue weighted by atomic mass is 10.1. The van der Waals surface area contributed by atoms with Crippen LogP contribution in [-0.4, -0.2) is 21.6 Å². The van der Waals surface area contributed by atoms with Crippen LogP contribution in [0, 0.1) is 6.92 Å². The van der Waals surface area contributed by atoms with Gasteiger partial charge in [-0.3, -0.25) is 9.59 Å². The average Bonchev–Trinajstić information content (AvgIpc) is 2.64. The quantitative estimate of drug-likeness (QED) is 0.442. The zero-order valence-electron chi connectivity index (χ0n) is 14.7. The maximum Gasteiger partial charge on any atom is 0.255 e. The van der Waals surface area contributed by atoms with Crippen molar-refractivity contribution >= 4 is 39.3 Å². The molecule has 1 heterocycles. The van der Waals surface area contributed by atoms with Crippen LogP contribution in [0.15, 0.2) is 69.0 Å². The third-order valence-electron chi connectivity index (χ3n) is 3.87. The second-order valence-corrected chi connectivity index (χ2v) is 7.82. The maximum absolute atomic E-state index is 12.4. The Hall–Kier alpha value is -2.38. The van der Waals surface area contributed by atoms with Gasteiger partial charge >= 0.3 is 0 Å². The van der Waals surface area contributed by atoms with Gasteiger partial charge in [0.05, 0.1) is 5.75 Å². The Labute approximate surface area is 169 Å². The van der Waals surface area contributed by atoms with Crippen molar-refractivity contribution in [2.24, 2.45) is 0 Å². The summed E-state index contributed by atoms with van der Waals surface area (Å²) in [5.74, 6) is -0.000756. The normalized spacial score (nSPS) is 10.6. The number of carbonyl (C=O) groups excluding carboxylic acids is 1. The summed E-state index contributed by atoms with van der Waals surface area (Å²) in [5.41, 5.74) is 2.93. The Morgan fingerprint density at radius 2 is 1.96 bits per heavy atom. The number of aromatic nitrogens is 2. The van der Waals surface area contributed by atoms with Gasteiger partial charge in [0.25, 0.3) is 5.56 Å². The van der Waals surface area contributed by atoms with Crippen molar-refractivity contribution in [3.05, 3.63) is 86.2 Å². The van der Waals surface area contributed by atoms with Gasteiger partial charge in [-0.2, -0.15) is 0 Å². The number of aromatic amines is 1. The fourth-order valence-electron chi connectivity index (χ4n) is 2.56. The average molecular weight is 444 g/mol. The second-order valence-electron chi connectivity index (χ2n) is 5.94. The molecule has 7 heteroatoms. The molecule has 27 heavy (non-hydrogen) atoms. The van der Waals surface area contributed by atoms with E-state index in [4.69, 9.17) is 0 Å². The number of H-pyrrole nitrogens is 1. The molecule has 2 N–H and O–H groups in total. The fourth-order valence-corrected chi connectivity index (χ4v) is 3.66. The number of hydrogen-bond donors (Lipinski definition) is 2. The molecule has 0 aliphatic carbocycles. The van der Waals surface area contributed by atoms with E-state index in [0.29, 0.717) is 28.5 Å². The summed E-state index contributed by atoms with van der Waals surface area (Å²) in [6.07, 6.45) is 0.531. The molecular weight excluding hydrogens is 426 g/mol. The van der Waals surface area contributed by atoms with Gasteiger partial charge in [0.2, 0.25) is 5.91 Å². The van der Waals surface area contributed by atoms with Crippen LogP contribution in [0.5, 0.6) is 0 Å². The molecule has 0 aliphatic heterocycles. The summed E-state index contributed by atoms with van der Waals surface area (Å²) in [5, 5.41) is 3.26. The molecule has 138 valence electrons. The topological polar surface area (TPSA) is 74.8 Å². The van der Waals surface area contributed by atoms with Crippen LogP contribution in [0.1, 0.15) is 16.8 Å². The zero-order valence-corrected chi connectivity index (χ0v) is 17.1. The summed E-state index contributed by atoms with van der Waals surface area (Å²) in [6, 6.07) is 17.2. The highest BCUT2D eigenvalue weighted by atomic mass is 79.9. The molecule has 0 spiro atoms. The fraction of sp³-hybridized carbons (Fsp3) is 0.150. The maximum atomic E-state index is 12.4. The smallest absolute Gasteiger partial charge is 0.255 e. The number of nitrogens with zero attached hydrogens (tertiary/aromatic N) is 1. The first kappa shape index (κ1) is 19.4. The number of amides is 1. The van der Waals surface area contributed by atoms with Crippen molar-refractivity contribution in [2.45, 2.75) is 18.5 Å². The molecule has 0 unspecified atom stereocenters. The molecule has 0 atom stereocenters. The lowest BCUT2D eigenvalue weighted by Crippen LogP contribution is -2.19. The third-order valence-corrected chi connectivity index (χ3v) is 5.24. The van der Waals surface area contributed by atoms with Crippen molar-refractivity contribution in [1.82, 2.24) is 9.97 Å². The third kappa shape index (κ3) is 5.55. The number of benzene rings is 2. The molecular formula is C20H18BrN3O2S. The Kier molecular flexibility index (Phi) is 6.47. The van der Waals surface area contributed by atoms with Gasteiger partial charge in [0, 0.05) is 27.8 Å². The van der Waals surface area contributed by atoms with Crippen LogP contribution >= 0.6 is 27.7 Å². The van der Waals surface area contributed by atoms with Gasteiger partial charge in [-0.1, -0.05) is 64.1 Å². The minimum atomic E-state index is -0.166. The summed E-state index contributed by atoms with van der Waals surface area (Å²) in [6.45, 7) is 1.82. The van der Waals surface area contributed by atoms with Gasteiger partial charge in [0.15, 0.2) is 5.16 Å². The van der Waals surface area contributed by atoms with E-state index in [2.05, 4.69) is 31.2 Å². The number of anilines is 1. The molecule has 3 aromatic rings. The van der Waals surface area contributed by atoms with Crippen LogP contribution < -0.4 is 10.9 Å². The monoisotopic (exact) mass is 443 g/mol. The largest absolute Gasteiger partial charge is 0.325 e. The van der Waals surface area contributed by atoms with Crippen LogP contribution in [0.4, 0.5) is 5.69 Å². The zero-order chi connectivity index (χ0) is 19.2. The number of rotatable bonds is 6. The van der Waals surface area contributed by atoms with Crippen molar-refractivity contribution < 1.29 is 4.79 Å². The Morgan fingerprint density at radius 1 is 1.19 bits per heavy atom. The van der Waals surface area contributed by atoms with E-state index in [1.807, 2.05) is 61.5 Å². The molecule has 1 aromatic heterocycles. The highest BCUT2D eigenvalue weighted by Gasteiger charge is 2.11. The summed E-state index contributed by atoms with van der Waals surface area (Å²) < 4.78 is 0.892. The van der Waals surface area contributed by atoms with Gasteiger partial charge in [0.1, 0.15) is 0 Å². The molecule has 0 fully saturated rings. The number of carbonyl (C=O) groups is 1. The minimum Gasteiger partial charge on any atom is -0.325 e. The van der Waals surface area contributed by atoms with E-state index in [1.165, 1.54) is 11.8 Å². The van der Waals surface area contributed by atoms with Crippen LogP contribution in [0.2, 0.25) is 0 Å². The van der Waals surface area contributed by atoms with Crippen LogP contribution in [0.3, 0.4) is 0 Å². The molecule has 2 aromatic carbocycles. The van der Waals surface area contributed by atoms with Crippen molar-refractivity contribution in [1.29, 1.82) is 0 Å². The van der Waals surface area contributed by atoms with E-state index in [0.717, 1.165) is 10.0 Å². The van der Waals surface area contributed by atoms with Gasteiger partial charge < -0.3 is 10.3 Å². The molecule has 5 nitrogen and oxygen atoms in total. The van der Waals surface area contributed by atoms with Crippen LogP contribution in [0.25, 0.3) is 0 Å². The van der Waals surface area contributed by atoms with Crippen LogP contribution in [-0.2, 0) is 11.2 Å². The molecule has 0 saturated carbocycles. The SMILES string of the molecule is Cc1nc(SCC(=O)Nc2cccc(Br)c2)[nH]c(=O)c1Cc1ccccc1. The summed E-state index contributed by atoms with van der Waals surface area (Å²) >= 11 is 4.57. The number of thioether (sulfide) groups is 1. The van der Waals surface area contributed by atoms with E-state index >= 15 is 0 Å². The highest BCUT2D eigenvalue weighted by Crippen LogP contribution is 2.18. The van der Waals surface area contributed by atoms with E-state index in [-0.39, 0.29) is 17.2 Å². The number of aryl methyl sites for hydroxylation is 1. The summed E-state index contributed by atoms with van der Waals surface area (Å²) in [7, 11) is 0. The first-order valence-corrected chi connectivity index (χ1v) is 10.1. The van der Waals surface area contributed by atoms with E-state index < -0.39 is 0 Å². The first-order valence-electron chi connectivity index (χ1n) is 8.33. The molecule has 0 saturated heterocycles. The molecule has 3 rings (SSSR count). The Morgan fingerprint density at radius 3 is 2.67 bits per heavy atom. The second kappa shape index (κ2) is 9.01. The first-order chi connectivity index (χ1) is 13.0. The molecule has 0 bridgehead atoms. The van der Waals surface area contributed by atoms with Crippen molar-refractivity contribution in [3.63, 3.8) is 0 Å². The predicted octanol–water partition coefficient (Wildman–Crippen LogP) is 4.16. The molecule has 0 radical (unpaired) electrons. The number of halogens is 1. The van der Waals surface area contributed by atoms with Gasteiger partial charge in [-0.15, -0.1) is 0 Å². The van der Waals surface area contributed by atoms with Crippen molar-refractivity contribution in [3.8, 4) is 0 Å². The standard InChI is InChI=1S/C20H18BrN3O2S/c1-13-17(10-14-6-3-2-4-7-14)19(26)24-20(22-13)27-12-18(25)23-16-9-5-8-15(21)11-16/h2-9,11H,10,12H2,1H3,(H,23,25)(H,22,24,26). The highest BCUT2D eigenvalue weighted by molar-refractivity contribution is 9.10. The lowest BCUT2D eigenvalue weighted by molar-refractivity contribution is -0.113. The molecule has 0 aliphatic rings. The Balaban J connectivity index is 1.64. The van der Waals surface area contributed by atoms with E-state index in [1.54, 1.807) is 0 Å². The number of nitrogens with one attached hydrogen (secondary N) is 2.